The van der Waals surface area contributed by atoms with Crippen LogP contribution in [0.15, 0.2) is 42.5 Å². The summed E-state index contributed by atoms with van der Waals surface area (Å²) in [4.78, 5) is 25.5. The van der Waals surface area contributed by atoms with E-state index in [4.69, 9.17) is 16.3 Å². The van der Waals surface area contributed by atoms with Gasteiger partial charge in [0, 0.05) is 29.9 Å². The number of nitrogens with zero attached hydrogens (tertiary/aromatic N) is 1. The van der Waals surface area contributed by atoms with Crippen LogP contribution in [0.4, 0.5) is 11.4 Å². The molecule has 6 heteroatoms. The van der Waals surface area contributed by atoms with E-state index in [1.54, 1.807) is 42.2 Å². The van der Waals surface area contributed by atoms with E-state index in [2.05, 4.69) is 5.32 Å². The number of amides is 2. The van der Waals surface area contributed by atoms with Crippen LogP contribution in [0.3, 0.4) is 0 Å². The molecule has 25 heavy (non-hydrogen) atoms. The monoisotopic (exact) mass is 358 g/mol. The topological polar surface area (TPSA) is 58.6 Å². The van der Waals surface area contributed by atoms with Crippen LogP contribution < -0.4 is 15.0 Å². The Balaban J connectivity index is 1.62. The highest BCUT2D eigenvalue weighted by molar-refractivity contribution is 6.30. The first-order valence-electron chi connectivity index (χ1n) is 8.12. The molecule has 2 aromatic carbocycles. The molecule has 0 aromatic heterocycles. The maximum atomic E-state index is 12.1. The van der Waals surface area contributed by atoms with Crippen LogP contribution in [0.5, 0.6) is 5.75 Å². The normalized spacial score (nSPS) is 13.1. The Kier molecular flexibility index (Phi) is 5.24. The molecule has 1 N–H and O–H groups in total. The molecule has 0 saturated heterocycles. The third-order valence-corrected chi connectivity index (χ3v) is 4.30. The fourth-order valence-electron chi connectivity index (χ4n) is 2.88. The average Bonchev–Trinajstić information content (AvgIpc) is 2.60. The number of nitrogens with one attached hydrogen (secondary N) is 1. The van der Waals surface area contributed by atoms with E-state index in [9.17, 15) is 9.59 Å². The summed E-state index contributed by atoms with van der Waals surface area (Å²) in [5.41, 5.74) is 2.70. The number of ether oxygens (including phenoxy) is 1. The van der Waals surface area contributed by atoms with Gasteiger partial charge in [-0.3, -0.25) is 9.59 Å². The highest BCUT2D eigenvalue weighted by atomic mass is 35.5. The van der Waals surface area contributed by atoms with Crippen molar-refractivity contribution in [3.8, 4) is 5.75 Å². The number of rotatable bonds is 4. The number of benzene rings is 2. The average molecular weight is 359 g/mol. The summed E-state index contributed by atoms with van der Waals surface area (Å²) in [7, 11) is 0. The molecule has 2 amide bonds. The summed E-state index contributed by atoms with van der Waals surface area (Å²) in [6.07, 6.45) is 1.81. The molecule has 0 bridgehead atoms. The summed E-state index contributed by atoms with van der Waals surface area (Å²) in [6.45, 7) is 2.22. The van der Waals surface area contributed by atoms with Crippen molar-refractivity contribution >= 4 is 34.8 Å². The summed E-state index contributed by atoms with van der Waals surface area (Å²) < 4.78 is 5.43. The van der Waals surface area contributed by atoms with Crippen molar-refractivity contribution in [3.63, 3.8) is 0 Å². The van der Waals surface area contributed by atoms with Gasteiger partial charge < -0.3 is 15.0 Å². The van der Waals surface area contributed by atoms with Gasteiger partial charge in [0.2, 0.25) is 5.91 Å². The van der Waals surface area contributed by atoms with Gasteiger partial charge in [0.15, 0.2) is 6.61 Å². The Bertz CT molecular complexity index is 790. The summed E-state index contributed by atoms with van der Waals surface area (Å²) in [6, 6.07) is 12.4. The third kappa shape index (κ3) is 4.31. The van der Waals surface area contributed by atoms with E-state index in [-0.39, 0.29) is 18.4 Å². The zero-order valence-corrected chi connectivity index (χ0v) is 14.7. The van der Waals surface area contributed by atoms with Crippen molar-refractivity contribution < 1.29 is 14.3 Å². The van der Waals surface area contributed by atoms with E-state index < -0.39 is 0 Å². The second-order valence-corrected chi connectivity index (χ2v) is 6.34. The number of anilines is 2. The minimum atomic E-state index is -0.242. The van der Waals surface area contributed by atoms with E-state index >= 15 is 0 Å². The molecular weight excluding hydrogens is 340 g/mol. The predicted molar refractivity (Wildman–Crippen MR) is 98.4 cm³/mol. The molecule has 0 fully saturated rings. The molecule has 0 radical (unpaired) electrons. The molecule has 1 aliphatic rings. The molecular formula is C19H19ClN2O3. The van der Waals surface area contributed by atoms with Crippen LogP contribution in [0.1, 0.15) is 18.9 Å². The molecule has 2 aromatic rings. The first-order chi connectivity index (χ1) is 12.0. The molecule has 0 spiro atoms. The highest BCUT2D eigenvalue weighted by Crippen LogP contribution is 2.29. The van der Waals surface area contributed by atoms with Gasteiger partial charge in [-0.25, -0.2) is 0 Å². The predicted octanol–water partition coefficient (Wildman–Crippen LogP) is 3.66. The lowest BCUT2D eigenvalue weighted by molar-refractivity contribution is -0.118. The van der Waals surface area contributed by atoms with Gasteiger partial charge in [-0.1, -0.05) is 11.6 Å². The largest absolute Gasteiger partial charge is 0.484 e. The van der Waals surface area contributed by atoms with Crippen LogP contribution in [-0.4, -0.2) is 25.0 Å². The zero-order valence-electron chi connectivity index (χ0n) is 13.9. The van der Waals surface area contributed by atoms with Gasteiger partial charge in [0.05, 0.1) is 0 Å². The van der Waals surface area contributed by atoms with E-state index in [0.29, 0.717) is 16.5 Å². The summed E-state index contributed by atoms with van der Waals surface area (Å²) >= 11 is 5.81. The van der Waals surface area contributed by atoms with Gasteiger partial charge >= 0.3 is 0 Å². The van der Waals surface area contributed by atoms with Gasteiger partial charge in [0.25, 0.3) is 5.91 Å². The van der Waals surface area contributed by atoms with Crippen molar-refractivity contribution in [1.82, 2.24) is 0 Å². The zero-order chi connectivity index (χ0) is 17.8. The van der Waals surface area contributed by atoms with E-state index in [0.717, 1.165) is 30.6 Å². The number of carbonyl (C=O) groups excluding carboxylic acids is 2. The molecule has 0 unspecified atom stereocenters. The number of carbonyl (C=O) groups is 2. The van der Waals surface area contributed by atoms with Crippen molar-refractivity contribution in [2.24, 2.45) is 0 Å². The van der Waals surface area contributed by atoms with Crippen molar-refractivity contribution in [2.75, 3.05) is 23.4 Å². The van der Waals surface area contributed by atoms with Gasteiger partial charge in [-0.15, -0.1) is 0 Å². The lowest BCUT2D eigenvalue weighted by Crippen LogP contribution is -2.33. The van der Waals surface area contributed by atoms with Gasteiger partial charge in [-0.05, 0) is 60.9 Å². The standard InChI is InChI=1S/C19H19ClN2O3/c1-13(23)22-10-2-3-14-11-16(6-9-18(14)22)21-19(24)12-25-17-7-4-15(20)5-8-17/h4-9,11H,2-3,10,12H2,1H3,(H,21,24). The first kappa shape index (κ1) is 17.3. The molecule has 5 nitrogen and oxygen atoms in total. The second kappa shape index (κ2) is 7.57. The van der Waals surface area contributed by atoms with E-state index in [1.807, 2.05) is 12.1 Å². The quantitative estimate of drug-likeness (QED) is 0.907. The SMILES string of the molecule is CC(=O)N1CCCc2cc(NC(=O)COc3ccc(Cl)cc3)ccc21. The highest BCUT2D eigenvalue weighted by Gasteiger charge is 2.20. The van der Waals surface area contributed by atoms with Gasteiger partial charge in [0.1, 0.15) is 5.75 Å². The maximum absolute atomic E-state index is 12.1. The lowest BCUT2D eigenvalue weighted by atomic mass is 10.0. The molecule has 0 aliphatic carbocycles. The molecule has 1 heterocycles. The van der Waals surface area contributed by atoms with Crippen LogP contribution in [-0.2, 0) is 16.0 Å². The smallest absolute Gasteiger partial charge is 0.262 e. The third-order valence-electron chi connectivity index (χ3n) is 4.05. The Labute approximate surface area is 151 Å². The Morgan fingerprint density at radius 2 is 1.96 bits per heavy atom. The number of aryl methyl sites for hydroxylation is 1. The van der Waals surface area contributed by atoms with Gasteiger partial charge in [-0.2, -0.15) is 0 Å². The van der Waals surface area contributed by atoms with Crippen molar-refractivity contribution in [1.29, 1.82) is 0 Å². The number of fused-ring (bicyclic) bond motifs is 1. The lowest BCUT2D eigenvalue weighted by Gasteiger charge is -2.29. The van der Waals surface area contributed by atoms with Crippen molar-refractivity contribution in [3.05, 3.63) is 53.1 Å². The molecule has 0 saturated carbocycles. The number of halogens is 1. The minimum Gasteiger partial charge on any atom is -0.484 e. The molecule has 1 aliphatic heterocycles. The fraction of sp³-hybridized carbons (Fsp3) is 0.263. The summed E-state index contributed by atoms with van der Waals surface area (Å²) in [5, 5.41) is 3.44. The van der Waals surface area contributed by atoms with Crippen LogP contribution in [0.25, 0.3) is 0 Å². The minimum absolute atomic E-state index is 0.0362. The molecule has 0 atom stereocenters. The van der Waals surface area contributed by atoms with Crippen LogP contribution >= 0.6 is 11.6 Å². The fourth-order valence-corrected chi connectivity index (χ4v) is 3.00. The number of hydrogen-bond donors (Lipinski definition) is 1. The summed E-state index contributed by atoms with van der Waals surface area (Å²) in [5.74, 6) is 0.380. The number of hydrogen-bond acceptors (Lipinski definition) is 3. The molecule has 130 valence electrons. The van der Waals surface area contributed by atoms with Crippen molar-refractivity contribution in [2.45, 2.75) is 19.8 Å². The van der Waals surface area contributed by atoms with Crippen LogP contribution in [0, 0.1) is 0 Å². The molecule has 3 rings (SSSR count). The maximum Gasteiger partial charge on any atom is 0.262 e. The second-order valence-electron chi connectivity index (χ2n) is 5.91. The van der Waals surface area contributed by atoms with Crippen LogP contribution in [0.2, 0.25) is 5.02 Å². The first-order valence-corrected chi connectivity index (χ1v) is 8.50. The Morgan fingerprint density at radius 3 is 2.68 bits per heavy atom. The van der Waals surface area contributed by atoms with E-state index in [1.165, 1.54) is 0 Å². The Morgan fingerprint density at radius 1 is 1.20 bits per heavy atom. The Hall–Kier alpha value is -2.53.